The van der Waals surface area contributed by atoms with Crippen LogP contribution in [0, 0.1) is 22.2 Å². The van der Waals surface area contributed by atoms with Crippen LogP contribution in [0.3, 0.4) is 0 Å². The van der Waals surface area contributed by atoms with Gasteiger partial charge in [0.2, 0.25) is 15.9 Å². The van der Waals surface area contributed by atoms with E-state index in [1.165, 1.54) is 12.0 Å². The van der Waals surface area contributed by atoms with E-state index in [1.807, 2.05) is 32.0 Å². The number of carbonyl (C=O) groups excluding carboxylic acids is 2. The van der Waals surface area contributed by atoms with Crippen LogP contribution in [0.5, 0.6) is 5.75 Å². The number of rotatable bonds is 12. The first kappa shape index (κ1) is 38.4. The van der Waals surface area contributed by atoms with E-state index in [-0.39, 0.29) is 34.3 Å². The first-order chi connectivity index (χ1) is 26.4. The first-order valence-corrected chi connectivity index (χ1v) is 21.9. The molecule has 2 unspecified atom stereocenters. The summed E-state index contributed by atoms with van der Waals surface area (Å²) in [6, 6.07) is 12.0. The zero-order valence-electron chi connectivity index (χ0n) is 33.2. The molecule has 2 saturated carbocycles. The predicted octanol–water partition coefficient (Wildman–Crippen LogP) is 6.06. The van der Waals surface area contributed by atoms with Gasteiger partial charge in [0, 0.05) is 85.7 Å². The molecule has 0 spiro atoms. The first-order valence-electron chi connectivity index (χ1n) is 20.3. The number of methoxy groups -OCH3 is 3. The molecule has 5 aliphatic rings. The Morgan fingerprint density at radius 3 is 2.25 bits per heavy atom. The van der Waals surface area contributed by atoms with Crippen molar-refractivity contribution in [2.24, 2.45) is 22.2 Å². The number of nitrogens with zero attached hydrogens (tertiary/aromatic N) is 2. The standard InChI is InChI=1S/C43H58N4O7S/c1-28(2)16-18-55(50,51)45-39(48)30-11-13-33-36(19-30)47-25-43(40(49)46-23-41(26-52-3)21-44-22-42(41,24-46)27-53-4)17-15-35(43)34-20-31(54-5)12-14-32(34)38(47)37(33)29-9-7-6-8-10-29/h11-14,19-20,28-29,35,44H,6-10,15-18,21-27H2,1-5H3,(H,45,48)/t35?,41-,42+,43?. The monoisotopic (exact) mass is 774 g/mol. The second-order valence-corrected chi connectivity index (χ2v) is 19.6. The lowest BCUT2D eigenvalue weighted by Gasteiger charge is -2.50. The molecule has 8 rings (SSSR count). The number of carbonyl (C=O) groups is 2. The number of sulfonamides is 1. The summed E-state index contributed by atoms with van der Waals surface area (Å²) in [7, 11) is 1.36. The third-order valence-electron chi connectivity index (χ3n) is 14.1. The molecule has 11 nitrogen and oxygen atoms in total. The van der Waals surface area contributed by atoms with E-state index < -0.39 is 21.3 Å². The van der Waals surface area contributed by atoms with Gasteiger partial charge in [-0.2, -0.15) is 0 Å². The minimum absolute atomic E-state index is 0.0212. The van der Waals surface area contributed by atoms with Crippen molar-refractivity contribution in [2.45, 2.75) is 83.6 Å². The molecule has 4 fully saturated rings. The van der Waals surface area contributed by atoms with Crippen molar-refractivity contribution in [3.05, 3.63) is 53.1 Å². The molecular weight excluding hydrogens is 717 g/mol. The highest BCUT2D eigenvalue weighted by Crippen LogP contribution is 2.62. The van der Waals surface area contributed by atoms with Gasteiger partial charge in [-0.3, -0.25) is 9.59 Å². The van der Waals surface area contributed by atoms with E-state index in [1.54, 1.807) is 27.4 Å². The van der Waals surface area contributed by atoms with Crippen molar-refractivity contribution in [2.75, 3.05) is 66.5 Å². The highest BCUT2D eigenvalue weighted by molar-refractivity contribution is 7.90. The number of fused-ring (bicyclic) bond motifs is 8. The van der Waals surface area contributed by atoms with Crippen molar-refractivity contribution in [3.8, 4) is 17.0 Å². The Morgan fingerprint density at radius 2 is 1.64 bits per heavy atom. The van der Waals surface area contributed by atoms with Crippen molar-refractivity contribution >= 4 is 32.7 Å². The van der Waals surface area contributed by atoms with Gasteiger partial charge in [0.25, 0.3) is 5.91 Å². The summed E-state index contributed by atoms with van der Waals surface area (Å²) in [6.45, 7) is 8.20. The van der Waals surface area contributed by atoms with E-state index in [9.17, 15) is 13.2 Å². The fourth-order valence-electron chi connectivity index (χ4n) is 11.1. The highest BCUT2D eigenvalue weighted by atomic mass is 32.2. The van der Waals surface area contributed by atoms with E-state index in [0.717, 1.165) is 85.1 Å². The molecule has 0 bridgehead atoms. The summed E-state index contributed by atoms with van der Waals surface area (Å²) in [5.41, 5.74) is 4.59. The summed E-state index contributed by atoms with van der Waals surface area (Å²) in [6.07, 6.45) is 7.77. The van der Waals surface area contributed by atoms with Crippen LogP contribution >= 0.6 is 0 Å². The molecule has 2 saturated heterocycles. The van der Waals surface area contributed by atoms with Crippen LogP contribution in [0.1, 0.15) is 98.5 Å². The summed E-state index contributed by atoms with van der Waals surface area (Å²) >= 11 is 0. The minimum Gasteiger partial charge on any atom is -0.497 e. The summed E-state index contributed by atoms with van der Waals surface area (Å²) in [5, 5.41) is 4.68. The molecule has 3 aromatic rings. The highest BCUT2D eigenvalue weighted by Gasteiger charge is 2.65. The van der Waals surface area contributed by atoms with Crippen LogP contribution in [0.2, 0.25) is 0 Å². The molecule has 2 aromatic carbocycles. The fourth-order valence-corrected chi connectivity index (χ4v) is 12.4. The van der Waals surface area contributed by atoms with Crippen molar-refractivity contribution in [1.29, 1.82) is 0 Å². The lowest BCUT2D eigenvalue weighted by molar-refractivity contribution is -0.150. The second kappa shape index (κ2) is 14.5. The average molecular weight is 775 g/mol. The summed E-state index contributed by atoms with van der Waals surface area (Å²) < 4.78 is 48.2. The summed E-state index contributed by atoms with van der Waals surface area (Å²) in [4.78, 5) is 31.4. The maximum absolute atomic E-state index is 15.6. The Hall–Kier alpha value is -3.45. The number of aromatic nitrogens is 1. The molecule has 4 atom stereocenters. The molecule has 2 N–H and O–H groups in total. The molecule has 298 valence electrons. The van der Waals surface area contributed by atoms with E-state index in [2.05, 4.69) is 31.6 Å². The number of hydrogen-bond acceptors (Lipinski definition) is 8. The molecule has 0 radical (unpaired) electrons. The lowest BCUT2D eigenvalue weighted by atomic mass is 9.56. The second-order valence-electron chi connectivity index (χ2n) is 17.7. The van der Waals surface area contributed by atoms with Gasteiger partial charge in [0.15, 0.2) is 0 Å². The van der Waals surface area contributed by atoms with Crippen LogP contribution < -0.4 is 14.8 Å². The van der Waals surface area contributed by atoms with Crippen LogP contribution in [0.15, 0.2) is 36.4 Å². The quantitative estimate of drug-likeness (QED) is 0.228. The third-order valence-corrected chi connectivity index (χ3v) is 15.3. The molecule has 1 aromatic heterocycles. The molecular formula is C43H58N4O7S. The normalized spacial score (nSPS) is 27.6. The Kier molecular flexibility index (Phi) is 10.1. The van der Waals surface area contributed by atoms with Gasteiger partial charge in [0.1, 0.15) is 5.75 Å². The third kappa shape index (κ3) is 6.30. The van der Waals surface area contributed by atoms with Gasteiger partial charge in [-0.15, -0.1) is 0 Å². The maximum atomic E-state index is 15.6. The Balaban J connectivity index is 1.28. The van der Waals surface area contributed by atoms with Crippen LogP contribution in [0.25, 0.3) is 22.2 Å². The van der Waals surface area contributed by atoms with Crippen LogP contribution in [-0.2, 0) is 30.8 Å². The van der Waals surface area contributed by atoms with Gasteiger partial charge >= 0.3 is 0 Å². The van der Waals surface area contributed by atoms with Gasteiger partial charge in [0.05, 0.1) is 37.2 Å². The fraction of sp³-hybridized carbons (Fsp3) is 0.628. The zero-order chi connectivity index (χ0) is 38.8. The number of nitrogens with one attached hydrogen (secondary N) is 2. The minimum atomic E-state index is -3.81. The van der Waals surface area contributed by atoms with E-state index >= 15 is 4.79 Å². The molecule has 55 heavy (non-hydrogen) atoms. The molecule has 3 aliphatic heterocycles. The van der Waals surface area contributed by atoms with Crippen molar-refractivity contribution in [1.82, 2.24) is 19.5 Å². The molecule has 2 amide bonds. The van der Waals surface area contributed by atoms with Crippen LogP contribution in [-0.4, -0.2) is 96.2 Å². The number of amides is 2. The number of likely N-dealkylation sites (tertiary alicyclic amines) is 1. The van der Waals surface area contributed by atoms with Gasteiger partial charge in [-0.1, -0.05) is 39.2 Å². The largest absolute Gasteiger partial charge is 0.497 e. The Bertz CT molecular complexity index is 2070. The van der Waals surface area contributed by atoms with Crippen molar-refractivity contribution < 1.29 is 32.2 Å². The number of benzene rings is 2. The van der Waals surface area contributed by atoms with Gasteiger partial charge < -0.3 is 29.0 Å². The lowest BCUT2D eigenvalue weighted by Crippen LogP contribution is -2.54. The van der Waals surface area contributed by atoms with E-state index in [4.69, 9.17) is 14.2 Å². The van der Waals surface area contributed by atoms with Gasteiger partial charge in [-0.25, -0.2) is 13.1 Å². The zero-order valence-corrected chi connectivity index (χ0v) is 34.0. The molecule has 12 heteroatoms. The maximum Gasteiger partial charge on any atom is 0.264 e. The summed E-state index contributed by atoms with van der Waals surface area (Å²) in [5.74, 6) is 0.696. The van der Waals surface area contributed by atoms with E-state index in [0.29, 0.717) is 50.8 Å². The molecule has 2 aliphatic carbocycles. The van der Waals surface area contributed by atoms with Gasteiger partial charge in [-0.05, 0) is 85.4 Å². The predicted molar refractivity (Wildman–Crippen MR) is 213 cm³/mol. The SMILES string of the molecule is COC[C@]12CNC[C@@]1(COC)CN(C(=O)C13CCC1c1cc(OC)ccc1-c1c(C4CCCCC4)c4ccc(C(=O)NS(=O)(=O)CCC(C)C)cc4n1C3)C2. The van der Waals surface area contributed by atoms with Crippen molar-refractivity contribution in [3.63, 3.8) is 0 Å². The Labute approximate surface area is 325 Å². The molecule has 4 heterocycles. The topological polar surface area (TPSA) is 128 Å². The van der Waals surface area contributed by atoms with Crippen LogP contribution in [0.4, 0.5) is 0 Å². The Morgan fingerprint density at radius 1 is 0.927 bits per heavy atom. The number of ether oxygens (including phenoxy) is 3. The number of hydrogen-bond donors (Lipinski definition) is 2. The average Bonchev–Trinajstić information content (AvgIpc) is 3.75. The smallest absolute Gasteiger partial charge is 0.264 e.